The van der Waals surface area contributed by atoms with Crippen molar-refractivity contribution in [1.29, 1.82) is 0 Å². The first-order valence-electron chi connectivity index (χ1n) is 9.58. The van der Waals surface area contributed by atoms with E-state index >= 15 is 0 Å². The number of amides is 2. The molecule has 0 aliphatic carbocycles. The number of rotatable bonds is 8. The third kappa shape index (κ3) is 6.71. The van der Waals surface area contributed by atoms with Gasteiger partial charge in [0.05, 0.1) is 0 Å². The van der Waals surface area contributed by atoms with Gasteiger partial charge in [0.25, 0.3) is 11.8 Å². The second kappa shape index (κ2) is 11.6. The Labute approximate surface area is 179 Å². The number of nitrogens with zero attached hydrogens (tertiary/aromatic N) is 1. The van der Waals surface area contributed by atoms with E-state index in [2.05, 4.69) is 15.6 Å². The zero-order chi connectivity index (χ0) is 21.3. The van der Waals surface area contributed by atoms with Crippen LogP contribution in [-0.4, -0.2) is 45.7 Å². The van der Waals surface area contributed by atoms with Gasteiger partial charge in [-0.25, -0.2) is 4.98 Å². The van der Waals surface area contributed by atoms with Gasteiger partial charge in [0.2, 0.25) is 0 Å². The van der Waals surface area contributed by atoms with Crippen molar-refractivity contribution < 1.29 is 25.3 Å². The maximum Gasteiger partial charge on any atom is 0.274 e. The highest BCUT2D eigenvalue weighted by Crippen LogP contribution is 2.13. The topological polar surface area (TPSA) is 143 Å². The Morgan fingerprint density at radius 1 is 0.677 bits per heavy atom. The Hall–Kier alpha value is -3.59. The fourth-order valence-electron chi connectivity index (χ4n) is 2.85. The molecule has 0 atom stereocenters. The van der Waals surface area contributed by atoms with Gasteiger partial charge in [-0.05, 0) is 60.4 Å². The summed E-state index contributed by atoms with van der Waals surface area (Å²) in [5, 5.41) is 23.4. The van der Waals surface area contributed by atoms with Crippen molar-refractivity contribution in [1.82, 2.24) is 4.98 Å². The summed E-state index contributed by atoms with van der Waals surface area (Å²) in [6, 6.07) is 19.0. The molecule has 1 aromatic heterocycles. The molecule has 2 aromatic carbocycles. The molecular weight excluding hydrogens is 398 g/mol. The monoisotopic (exact) mass is 423 g/mol. The summed E-state index contributed by atoms with van der Waals surface area (Å²) in [4.78, 5) is 29.2. The Balaban J connectivity index is 0.00000341. The van der Waals surface area contributed by atoms with Crippen LogP contribution in [0.4, 0.5) is 11.4 Å². The number of aliphatic hydroxyl groups is 2. The summed E-state index contributed by atoms with van der Waals surface area (Å²) in [5.74, 6) is -0.846. The molecule has 0 aliphatic heterocycles. The summed E-state index contributed by atoms with van der Waals surface area (Å²) in [5.41, 5.74) is 3.39. The number of aromatic nitrogens is 1. The Morgan fingerprint density at radius 3 is 1.42 bits per heavy atom. The molecule has 8 heteroatoms. The third-order valence-electron chi connectivity index (χ3n) is 4.44. The van der Waals surface area contributed by atoms with Crippen molar-refractivity contribution in [3.05, 3.63) is 89.2 Å². The molecule has 8 nitrogen and oxygen atoms in total. The predicted molar refractivity (Wildman–Crippen MR) is 118 cm³/mol. The van der Waals surface area contributed by atoms with E-state index < -0.39 is 11.8 Å². The lowest BCUT2D eigenvalue weighted by Gasteiger charge is -2.08. The van der Waals surface area contributed by atoms with Crippen LogP contribution in [0.25, 0.3) is 0 Å². The maximum atomic E-state index is 12.5. The van der Waals surface area contributed by atoms with E-state index in [0.29, 0.717) is 24.2 Å². The first kappa shape index (κ1) is 23.7. The van der Waals surface area contributed by atoms with Crippen molar-refractivity contribution in [3.63, 3.8) is 0 Å². The molecule has 3 rings (SSSR count). The number of hydrogen-bond acceptors (Lipinski definition) is 5. The van der Waals surface area contributed by atoms with Crippen LogP contribution in [0.5, 0.6) is 0 Å². The van der Waals surface area contributed by atoms with Gasteiger partial charge < -0.3 is 26.3 Å². The molecule has 3 aromatic rings. The zero-order valence-corrected chi connectivity index (χ0v) is 16.8. The van der Waals surface area contributed by atoms with Crippen LogP contribution in [0.1, 0.15) is 32.1 Å². The minimum absolute atomic E-state index is 0. The smallest absolute Gasteiger partial charge is 0.274 e. The molecule has 6 N–H and O–H groups in total. The highest BCUT2D eigenvalue weighted by atomic mass is 16.3. The fraction of sp³-hybridized carbons (Fsp3) is 0.174. The van der Waals surface area contributed by atoms with Crippen LogP contribution >= 0.6 is 0 Å². The van der Waals surface area contributed by atoms with Gasteiger partial charge in [-0.3, -0.25) is 9.59 Å². The minimum Gasteiger partial charge on any atom is -0.412 e. The summed E-state index contributed by atoms with van der Waals surface area (Å²) in [7, 11) is 0. The van der Waals surface area contributed by atoms with Crippen molar-refractivity contribution in [2.45, 2.75) is 12.8 Å². The normalized spacial score (nSPS) is 10.1. The van der Waals surface area contributed by atoms with E-state index in [4.69, 9.17) is 10.2 Å². The number of carbonyl (C=O) groups excluding carboxylic acids is 2. The Morgan fingerprint density at radius 2 is 1.06 bits per heavy atom. The van der Waals surface area contributed by atoms with Crippen molar-refractivity contribution in [2.24, 2.45) is 0 Å². The summed E-state index contributed by atoms with van der Waals surface area (Å²) in [6.07, 6.45) is 1.11. The molecule has 162 valence electrons. The standard InChI is InChI=1S/C23H23N3O4.H2O/c27-14-12-16-4-8-18(9-5-16)24-22(29)20-2-1-3-21(26-20)23(30)25-19-10-6-17(7-11-19)13-15-28;/h1-11,27-28H,12-15H2,(H,24,29)(H,25,30);1H2. The van der Waals surface area contributed by atoms with Crippen LogP contribution in [0.15, 0.2) is 66.7 Å². The van der Waals surface area contributed by atoms with Crippen LogP contribution in [0.3, 0.4) is 0 Å². The van der Waals surface area contributed by atoms with E-state index in [9.17, 15) is 9.59 Å². The quantitative estimate of drug-likeness (QED) is 0.437. The van der Waals surface area contributed by atoms with E-state index in [1.165, 1.54) is 12.1 Å². The molecule has 0 spiro atoms. The molecule has 0 radical (unpaired) electrons. The van der Waals surface area contributed by atoms with Gasteiger partial charge in [0.1, 0.15) is 11.4 Å². The van der Waals surface area contributed by atoms with Gasteiger partial charge in [-0.1, -0.05) is 30.3 Å². The van der Waals surface area contributed by atoms with E-state index in [-0.39, 0.29) is 30.1 Å². The molecule has 31 heavy (non-hydrogen) atoms. The second-order valence-electron chi connectivity index (χ2n) is 6.66. The van der Waals surface area contributed by atoms with Crippen molar-refractivity contribution in [2.75, 3.05) is 23.8 Å². The fourth-order valence-corrected chi connectivity index (χ4v) is 2.85. The molecule has 0 aliphatic rings. The SMILES string of the molecule is O.O=C(Nc1ccc(CCO)cc1)c1cccc(C(=O)Nc2ccc(CCO)cc2)n1. The number of carbonyl (C=O) groups is 2. The Kier molecular flexibility index (Phi) is 8.83. The van der Waals surface area contributed by atoms with E-state index in [1.807, 2.05) is 24.3 Å². The summed E-state index contributed by atoms with van der Waals surface area (Å²) in [6.45, 7) is 0.134. The molecule has 2 amide bonds. The Bertz CT molecular complexity index is 926. The van der Waals surface area contributed by atoms with Crippen molar-refractivity contribution >= 4 is 23.2 Å². The van der Waals surface area contributed by atoms with E-state index in [1.54, 1.807) is 30.3 Å². The van der Waals surface area contributed by atoms with Gasteiger partial charge in [0, 0.05) is 24.6 Å². The second-order valence-corrected chi connectivity index (χ2v) is 6.66. The number of anilines is 2. The first-order valence-corrected chi connectivity index (χ1v) is 9.58. The van der Waals surface area contributed by atoms with Crippen LogP contribution in [-0.2, 0) is 12.8 Å². The molecule has 0 unspecified atom stereocenters. The molecule has 1 heterocycles. The van der Waals surface area contributed by atoms with Crippen LogP contribution in [0, 0.1) is 0 Å². The van der Waals surface area contributed by atoms with Gasteiger partial charge in [-0.2, -0.15) is 0 Å². The summed E-state index contributed by atoms with van der Waals surface area (Å²) >= 11 is 0. The molecular formula is C23H25N3O5. The van der Waals surface area contributed by atoms with Crippen molar-refractivity contribution in [3.8, 4) is 0 Å². The number of hydrogen-bond donors (Lipinski definition) is 4. The minimum atomic E-state index is -0.423. The van der Waals surface area contributed by atoms with Crippen LogP contribution < -0.4 is 10.6 Å². The molecule has 0 saturated heterocycles. The number of nitrogens with one attached hydrogen (secondary N) is 2. The highest BCUT2D eigenvalue weighted by Gasteiger charge is 2.13. The number of pyridine rings is 1. The molecule has 0 bridgehead atoms. The lowest BCUT2D eigenvalue weighted by Crippen LogP contribution is -2.18. The molecule has 0 fully saturated rings. The van der Waals surface area contributed by atoms with Gasteiger partial charge in [-0.15, -0.1) is 0 Å². The average Bonchev–Trinajstić information content (AvgIpc) is 2.77. The maximum absolute atomic E-state index is 12.5. The predicted octanol–water partition coefficient (Wildman–Crippen LogP) is 1.83. The van der Waals surface area contributed by atoms with Gasteiger partial charge >= 0.3 is 0 Å². The largest absolute Gasteiger partial charge is 0.412 e. The number of benzene rings is 2. The summed E-state index contributed by atoms with van der Waals surface area (Å²) < 4.78 is 0. The lowest BCUT2D eigenvalue weighted by atomic mass is 10.1. The third-order valence-corrected chi connectivity index (χ3v) is 4.44. The lowest BCUT2D eigenvalue weighted by molar-refractivity contribution is 0.101. The van der Waals surface area contributed by atoms with Crippen LogP contribution in [0.2, 0.25) is 0 Å². The van der Waals surface area contributed by atoms with Gasteiger partial charge in [0.15, 0.2) is 0 Å². The van der Waals surface area contributed by atoms with E-state index in [0.717, 1.165) is 11.1 Å². The molecule has 0 saturated carbocycles. The number of aliphatic hydroxyl groups excluding tert-OH is 2. The highest BCUT2D eigenvalue weighted by molar-refractivity contribution is 6.06. The average molecular weight is 423 g/mol. The first-order chi connectivity index (χ1) is 14.6. The zero-order valence-electron chi connectivity index (χ0n) is 16.8.